The Kier molecular flexibility index (Phi) is 7.79. The van der Waals surface area contributed by atoms with Crippen LogP contribution in [-0.4, -0.2) is 97.3 Å². The van der Waals surface area contributed by atoms with Gasteiger partial charge in [0.15, 0.2) is 0 Å². The Morgan fingerprint density at radius 2 is 1.23 bits per heavy atom. The quantitative estimate of drug-likeness (QED) is 0.135. The number of aromatic amines is 2. The lowest BCUT2D eigenvalue weighted by atomic mass is 10.1. The lowest BCUT2D eigenvalue weighted by Gasteiger charge is -2.32. The van der Waals surface area contributed by atoms with E-state index in [1.54, 1.807) is 12.4 Å². The van der Waals surface area contributed by atoms with Gasteiger partial charge < -0.3 is 40.6 Å². The van der Waals surface area contributed by atoms with Gasteiger partial charge >= 0.3 is 11.9 Å². The van der Waals surface area contributed by atoms with Crippen molar-refractivity contribution in [3.05, 3.63) is 72.1 Å². The number of para-hydroxylation sites is 2. The van der Waals surface area contributed by atoms with Crippen LogP contribution in [-0.2, 0) is 22.4 Å². The molecule has 0 amide bonds. The van der Waals surface area contributed by atoms with Gasteiger partial charge in [-0.3, -0.25) is 0 Å². The fourth-order valence-corrected chi connectivity index (χ4v) is 5.39. The summed E-state index contributed by atoms with van der Waals surface area (Å²) in [4.78, 5) is 48.9. The maximum Gasteiger partial charge on any atom is 0.326 e. The molecule has 1 aliphatic heterocycles. The van der Waals surface area contributed by atoms with E-state index in [1.165, 1.54) is 0 Å². The van der Waals surface area contributed by atoms with Crippen LogP contribution in [0.2, 0.25) is 0 Å². The molecule has 2 atom stereocenters. The van der Waals surface area contributed by atoms with E-state index in [9.17, 15) is 19.8 Å². The zero-order valence-corrected chi connectivity index (χ0v) is 23.6. The zero-order valence-electron chi connectivity index (χ0n) is 23.6. The number of likely N-dealkylation sites (N-methyl/N-ethyl adjacent to an activating group) is 1. The van der Waals surface area contributed by atoms with Gasteiger partial charge in [-0.2, -0.15) is 15.0 Å². The second-order valence-electron chi connectivity index (χ2n) is 10.8. The topological polar surface area (TPSA) is 175 Å². The summed E-state index contributed by atoms with van der Waals surface area (Å²) in [7, 11) is 2.04. The molecular formula is C30H33N9O4. The molecule has 1 saturated heterocycles. The van der Waals surface area contributed by atoms with Crippen LogP contribution in [0.5, 0.6) is 0 Å². The van der Waals surface area contributed by atoms with E-state index in [0.717, 1.165) is 46.0 Å². The fraction of sp³-hybridized carbons (Fsp3) is 0.300. The molecule has 5 aromatic rings. The summed E-state index contributed by atoms with van der Waals surface area (Å²) in [5.74, 6) is -1.68. The number of aromatic nitrogens is 5. The summed E-state index contributed by atoms with van der Waals surface area (Å²) in [5, 5.41) is 28.1. The Hall–Kier alpha value is -5.17. The minimum atomic E-state index is -1.07. The summed E-state index contributed by atoms with van der Waals surface area (Å²) < 4.78 is 0. The van der Waals surface area contributed by atoms with E-state index in [-0.39, 0.29) is 24.7 Å². The Labute approximate surface area is 247 Å². The Morgan fingerprint density at radius 3 is 1.70 bits per heavy atom. The highest BCUT2D eigenvalue weighted by atomic mass is 16.4. The van der Waals surface area contributed by atoms with Gasteiger partial charge in [0.05, 0.1) is 0 Å². The van der Waals surface area contributed by atoms with Crippen LogP contribution in [0.4, 0.5) is 17.8 Å². The van der Waals surface area contributed by atoms with Gasteiger partial charge in [-0.25, -0.2) is 9.59 Å². The number of nitrogens with one attached hydrogen (secondary N) is 4. The van der Waals surface area contributed by atoms with Gasteiger partial charge in [-0.1, -0.05) is 36.4 Å². The standard InChI is InChI=1S/C30H33N9O4/c1-38-10-12-39(13-11-38)30-36-28(33-24(26(40)41)14-18-16-31-22-8-4-2-6-20(18)22)35-29(37-30)34-25(27(42)43)15-19-17-32-23-9-5-3-7-21(19)23/h2-9,16-17,24-25,31-32H,10-15H2,1H3,(H,40,41)(H,42,43)(H2,33,34,35,36,37)/t24-,25-/m0/s1. The van der Waals surface area contributed by atoms with Crippen LogP contribution < -0.4 is 15.5 Å². The number of piperazine rings is 1. The zero-order chi connectivity index (χ0) is 29.9. The summed E-state index contributed by atoms with van der Waals surface area (Å²) in [6, 6.07) is 13.3. The molecule has 13 nitrogen and oxygen atoms in total. The average molecular weight is 584 g/mol. The van der Waals surface area contributed by atoms with Gasteiger partial charge in [-0.05, 0) is 30.3 Å². The highest BCUT2D eigenvalue weighted by Crippen LogP contribution is 2.23. The predicted molar refractivity (Wildman–Crippen MR) is 164 cm³/mol. The molecule has 0 saturated carbocycles. The molecule has 0 radical (unpaired) electrons. The molecular weight excluding hydrogens is 550 g/mol. The molecule has 4 heterocycles. The molecule has 1 fully saturated rings. The number of anilines is 3. The number of carboxylic acids is 2. The van der Waals surface area contributed by atoms with Crippen molar-refractivity contribution < 1.29 is 19.8 Å². The normalized spacial score (nSPS) is 15.4. The van der Waals surface area contributed by atoms with Gasteiger partial charge in [0.2, 0.25) is 17.8 Å². The number of fused-ring (bicyclic) bond motifs is 2. The van der Waals surface area contributed by atoms with Gasteiger partial charge in [0.25, 0.3) is 0 Å². The molecule has 0 spiro atoms. The van der Waals surface area contributed by atoms with E-state index in [2.05, 4.69) is 40.5 Å². The SMILES string of the molecule is CN1CCN(c2nc(N[C@@H](Cc3c[nH]c4ccccc34)C(=O)O)nc(N[C@@H](Cc3c[nH]c4ccccc34)C(=O)O)n2)CC1. The largest absolute Gasteiger partial charge is 0.480 e. The molecule has 1 aliphatic rings. The summed E-state index contributed by atoms with van der Waals surface area (Å²) in [5.41, 5.74) is 3.51. The second-order valence-corrected chi connectivity index (χ2v) is 10.8. The molecule has 6 N–H and O–H groups in total. The minimum absolute atomic E-state index is 0.0508. The second kappa shape index (κ2) is 12.0. The first-order valence-corrected chi connectivity index (χ1v) is 14.1. The molecule has 6 rings (SSSR count). The molecule has 13 heteroatoms. The lowest BCUT2D eigenvalue weighted by Crippen LogP contribution is -2.45. The maximum absolute atomic E-state index is 12.4. The highest BCUT2D eigenvalue weighted by Gasteiger charge is 2.26. The van der Waals surface area contributed by atoms with Crippen molar-refractivity contribution >= 4 is 51.6 Å². The summed E-state index contributed by atoms with van der Waals surface area (Å²) in [6.07, 6.45) is 3.97. The third-order valence-electron chi connectivity index (χ3n) is 7.81. The number of hydrogen-bond acceptors (Lipinski definition) is 9. The van der Waals surface area contributed by atoms with Crippen molar-refractivity contribution in [1.29, 1.82) is 0 Å². The van der Waals surface area contributed by atoms with Crippen LogP contribution >= 0.6 is 0 Å². The van der Waals surface area contributed by atoms with E-state index in [0.29, 0.717) is 19.0 Å². The van der Waals surface area contributed by atoms with E-state index in [4.69, 9.17) is 0 Å². The van der Waals surface area contributed by atoms with Crippen LogP contribution in [0.25, 0.3) is 21.8 Å². The summed E-state index contributed by atoms with van der Waals surface area (Å²) >= 11 is 0. The molecule has 0 aliphatic carbocycles. The molecule has 43 heavy (non-hydrogen) atoms. The van der Waals surface area contributed by atoms with Gasteiger partial charge in [0, 0.05) is 73.2 Å². The molecule has 2 aromatic carbocycles. The third kappa shape index (κ3) is 6.21. The first-order chi connectivity index (χ1) is 20.8. The molecule has 222 valence electrons. The number of carbonyl (C=O) groups is 2. The van der Waals surface area contributed by atoms with Crippen molar-refractivity contribution in [1.82, 2.24) is 29.8 Å². The van der Waals surface area contributed by atoms with Crippen molar-refractivity contribution in [3.63, 3.8) is 0 Å². The molecule has 0 bridgehead atoms. The van der Waals surface area contributed by atoms with E-state index >= 15 is 0 Å². The number of carboxylic acid groups (broad SMARTS) is 2. The fourth-order valence-electron chi connectivity index (χ4n) is 5.39. The maximum atomic E-state index is 12.4. The van der Waals surface area contributed by atoms with Crippen molar-refractivity contribution in [2.45, 2.75) is 24.9 Å². The van der Waals surface area contributed by atoms with Crippen LogP contribution in [0.15, 0.2) is 60.9 Å². The van der Waals surface area contributed by atoms with Crippen molar-refractivity contribution in [3.8, 4) is 0 Å². The van der Waals surface area contributed by atoms with Crippen LogP contribution in [0, 0.1) is 0 Å². The van der Waals surface area contributed by atoms with Gasteiger partial charge in [0.1, 0.15) is 12.1 Å². The van der Waals surface area contributed by atoms with E-state index in [1.807, 2.05) is 60.5 Å². The first kappa shape index (κ1) is 28.0. The molecule has 0 unspecified atom stereocenters. The third-order valence-corrected chi connectivity index (χ3v) is 7.81. The van der Waals surface area contributed by atoms with Crippen molar-refractivity contribution in [2.75, 3.05) is 48.8 Å². The average Bonchev–Trinajstić information content (AvgIpc) is 3.61. The predicted octanol–water partition coefficient (Wildman–Crippen LogP) is 2.80. The molecule has 3 aromatic heterocycles. The lowest BCUT2D eigenvalue weighted by molar-refractivity contribution is -0.138. The number of hydrogen-bond donors (Lipinski definition) is 6. The highest BCUT2D eigenvalue weighted by molar-refractivity contribution is 5.86. The van der Waals surface area contributed by atoms with E-state index < -0.39 is 24.0 Å². The van der Waals surface area contributed by atoms with Crippen LogP contribution in [0.3, 0.4) is 0 Å². The number of aliphatic carboxylic acids is 2. The Morgan fingerprint density at radius 1 is 0.767 bits per heavy atom. The number of benzene rings is 2. The monoisotopic (exact) mass is 583 g/mol. The van der Waals surface area contributed by atoms with Crippen LogP contribution in [0.1, 0.15) is 11.1 Å². The minimum Gasteiger partial charge on any atom is -0.480 e. The smallest absolute Gasteiger partial charge is 0.326 e. The number of nitrogens with zero attached hydrogens (tertiary/aromatic N) is 5. The first-order valence-electron chi connectivity index (χ1n) is 14.1. The Bertz CT molecular complexity index is 1640. The Balaban J connectivity index is 1.29. The number of H-pyrrole nitrogens is 2. The van der Waals surface area contributed by atoms with Gasteiger partial charge in [-0.15, -0.1) is 0 Å². The summed E-state index contributed by atoms with van der Waals surface area (Å²) in [6.45, 7) is 2.92. The number of rotatable bonds is 11. The van der Waals surface area contributed by atoms with Crippen molar-refractivity contribution in [2.24, 2.45) is 0 Å².